The van der Waals surface area contributed by atoms with Crippen LogP contribution in [0.2, 0.25) is 5.02 Å². The molecule has 0 aliphatic heterocycles. The lowest BCUT2D eigenvalue weighted by atomic mass is 10.1. The van der Waals surface area contributed by atoms with Crippen LogP contribution in [0.4, 0.5) is 5.69 Å². The monoisotopic (exact) mass is 305 g/mol. The molecular formula is C15H12ClNO4. The molecule has 0 heterocycles. The summed E-state index contributed by atoms with van der Waals surface area (Å²) in [7, 11) is 0. The standard InChI is InChI=1S/C15H12ClNO4/c1-10(12-4-2-3-5-13(12)16)21-15-7-6-11(9-18)8-14(15)17(19)20/h2-10H,1H3/t10-/m0/s1. The molecule has 0 bridgehead atoms. The highest BCUT2D eigenvalue weighted by atomic mass is 35.5. The summed E-state index contributed by atoms with van der Waals surface area (Å²) in [5.74, 6) is 0.0954. The number of nitrogens with zero attached hydrogens (tertiary/aromatic N) is 1. The highest BCUT2D eigenvalue weighted by molar-refractivity contribution is 6.31. The van der Waals surface area contributed by atoms with Gasteiger partial charge in [0.1, 0.15) is 12.4 Å². The maximum absolute atomic E-state index is 11.1. The summed E-state index contributed by atoms with van der Waals surface area (Å²) >= 11 is 6.08. The molecular weight excluding hydrogens is 294 g/mol. The van der Waals surface area contributed by atoms with Crippen LogP contribution in [0.5, 0.6) is 5.75 Å². The lowest BCUT2D eigenvalue weighted by Gasteiger charge is -2.16. The van der Waals surface area contributed by atoms with Crippen LogP contribution in [0.1, 0.15) is 28.9 Å². The van der Waals surface area contributed by atoms with Gasteiger partial charge in [-0.25, -0.2) is 0 Å². The first-order valence-corrected chi connectivity index (χ1v) is 6.55. The van der Waals surface area contributed by atoms with Gasteiger partial charge in [0.15, 0.2) is 5.75 Å². The van der Waals surface area contributed by atoms with Crippen molar-refractivity contribution in [1.82, 2.24) is 0 Å². The van der Waals surface area contributed by atoms with Gasteiger partial charge in [0.05, 0.1) is 4.92 Å². The number of benzene rings is 2. The molecule has 0 aliphatic rings. The molecule has 5 nitrogen and oxygen atoms in total. The zero-order valence-electron chi connectivity index (χ0n) is 11.2. The van der Waals surface area contributed by atoms with Crippen molar-refractivity contribution in [3.05, 3.63) is 68.7 Å². The van der Waals surface area contributed by atoms with Crippen molar-refractivity contribution in [3.8, 4) is 5.75 Å². The van der Waals surface area contributed by atoms with Crippen molar-refractivity contribution in [2.24, 2.45) is 0 Å². The van der Waals surface area contributed by atoms with Crippen LogP contribution in [0.15, 0.2) is 42.5 Å². The fourth-order valence-corrected chi connectivity index (χ4v) is 2.20. The van der Waals surface area contributed by atoms with Crippen molar-refractivity contribution < 1.29 is 14.5 Å². The predicted molar refractivity (Wildman–Crippen MR) is 79.0 cm³/mol. The van der Waals surface area contributed by atoms with Crippen molar-refractivity contribution in [1.29, 1.82) is 0 Å². The van der Waals surface area contributed by atoms with E-state index in [-0.39, 0.29) is 17.0 Å². The number of nitro benzene ring substituents is 1. The molecule has 0 unspecified atom stereocenters. The number of carbonyl (C=O) groups excluding carboxylic acids is 1. The number of nitro groups is 1. The highest BCUT2D eigenvalue weighted by Gasteiger charge is 2.19. The molecule has 0 spiro atoms. The number of hydrogen-bond donors (Lipinski definition) is 0. The Kier molecular flexibility index (Phi) is 4.55. The topological polar surface area (TPSA) is 69.4 Å². The van der Waals surface area contributed by atoms with E-state index in [1.807, 2.05) is 6.07 Å². The molecule has 0 radical (unpaired) electrons. The molecule has 0 aliphatic carbocycles. The lowest BCUT2D eigenvalue weighted by Crippen LogP contribution is -2.06. The second kappa shape index (κ2) is 6.37. The number of ether oxygens (including phenoxy) is 1. The van der Waals surface area contributed by atoms with Gasteiger partial charge < -0.3 is 4.74 Å². The molecule has 6 heteroatoms. The van der Waals surface area contributed by atoms with E-state index in [1.165, 1.54) is 18.2 Å². The van der Waals surface area contributed by atoms with Crippen LogP contribution in [0, 0.1) is 10.1 Å². The Bertz CT molecular complexity index is 687. The third-order valence-corrected chi connectivity index (χ3v) is 3.31. The highest BCUT2D eigenvalue weighted by Crippen LogP contribution is 2.33. The Labute approximate surface area is 126 Å². The SMILES string of the molecule is C[C@H](Oc1ccc(C=O)cc1[N+](=O)[O-])c1ccccc1Cl. The Balaban J connectivity index is 2.33. The first kappa shape index (κ1) is 15.0. The molecule has 0 saturated carbocycles. The van der Waals surface area contributed by atoms with Gasteiger partial charge in [-0.1, -0.05) is 29.8 Å². The molecule has 1 atom stereocenters. The zero-order chi connectivity index (χ0) is 15.4. The van der Waals surface area contributed by atoms with E-state index in [0.29, 0.717) is 11.3 Å². The Morgan fingerprint density at radius 2 is 2.00 bits per heavy atom. The molecule has 0 amide bonds. The third-order valence-electron chi connectivity index (χ3n) is 2.96. The van der Waals surface area contributed by atoms with Gasteiger partial charge >= 0.3 is 5.69 Å². The normalized spacial score (nSPS) is 11.7. The van der Waals surface area contributed by atoms with E-state index in [1.54, 1.807) is 25.1 Å². The maximum atomic E-state index is 11.1. The number of aldehydes is 1. The van der Waals surface area contributed by atoms with Crippen LogP contribution in [0.3, 0.4) is 0 Å². The fraction of sp³-hybridized carbons (Fsp3) is 0.133. The first-order valence-electron chi connectivity index (χ1n) is 6.17. The van der Waals surface area contributed by atoms with Gasteiger partial charge in [-0.05, 0) is 25.1 Å². The number of hydrogen-bond acceptors (Lipinski definition) is 4. The summed E-state index contributed by atoms with van der Waals surface area (Å²) in [6.07, 6.45) is 0.0911. The number of rotatable bonds is 5. The van der Waals surface area contributed by atoms with E-state index in [2.05, 4.69) is 0 Å². The molecule has 0 saturated heterocycles. The quantitative estimate of drug-likeness (QED) is 0.471. The lowest BCUT2D eigenvalue weighted by molar-refractivity contribution is -0.386. The van der Waals surface area contributed by atoms with Crippen LogP contribution in [-0.4, -0.2) is 11.2 Å². The molecule has 2 aromatic carbocycles. The summed E-state index contributed by atoms with van der Waals surface area (Å²) in [5.41, 5.74) is 0.700. The Hall–Kier alpha value is -2.40. The molecule has 0 fully saturated rings. The Morgan fingerprint density at radius 3 is 2.62 bits per heavy atom. The summed E-state index contributed by atoms with van der Waals surface area (Å²) < 4.78 is 5.63. The van der Waals surface area contributed by atoms with E-state index in [9.17, 15) is 14.9 Å². The van der Waals surface area contributed by atoms with Crippen LogP contribution < -0.4 is 4.74 Å². The maximum Gasteiger partial charge on any atom is 0.311 e. The van der Waals surface area contributed by atoms with Crippen molar-refractivity contribution in [3.63, 3.8) is 0 Å². The summed E-state index contributed by atoms with van der Waals surface area (Å²) in [4.78, 5) is 21.2. The minimum Gasteiger partial charge on any atom is -0.479 e. The number of halogens is 1. The van der Waals surface area contributed by atoms with Gasteiger partial charge in [0, 0.05) is 22.2 Å². The second-order valence-corrected chi connectivity index (χ2v) is 4.79. The Morgan fingerprint density at radius 1 is 1.29 bits per heavy atom. The van der Waals surface area contributed by atoms with E-state index >= 15 is 0 Å². The van der Waals surface area contributed by atoms with Crippen molar-refractivity contribution >= 4 is 23.6 Å². The smallest absolute Gasteiger partial charge is 0.311 e. The van der Waals surface area contributed by atoms with Crippen LogP contribution >= 0.6 is 11.6 Å². The summed E-state index contributed by atoms with van der Waals surface area (Å²) in [6.45, 7) is 1.75. The minimum atomic E-state index is -0.582. The van der Waals surface area contributed by atoms with E-state index < -0.39 is 11.0 Å². The largest absolute Gasteiger partial charge is 0.479 e. The van der Waals surface area contributed by atoms with Crippen molar-refractivity contribution in [2.75, 3.05) is 0 Å². The van der Waals surface area contributed by atoms with E-state index in [0.717, 1.165) is 5.56 Å². The molecule has 2 aromatic rings. The first-order chi connectivity index (χ1) is 10.0. The predicted octanol–water partition coefficient (Wildman–Crippen LogP) is 4.20. The van der Waals surface area contributed by atoms with Gasteiger partial charge in [-0.3, -0.25) is 14.9 Å². The van der Waals surface area contributed by atoms with Gasteiger partial charge in [-0.2, -0.15) is 0 Å². The summed E-state index contributed by atoms with van der Waals surface area (Å²) in [6, 6.07) is 11.2. The van der Waals surface area contributed by atoms with Gasteiger partial charge in [-0.15, -0.1) is 0 Å². The molecule has 0 aromatic heterocycles. The second-order valence-electron chi connectivity index (χ2n) is 4.38. The van der Waals surface area contributed by atoms with Crippen LogP contribution in [-0.2, 0) is 0 Å². The third kappa shape index (κ3) is 3.38. The average Bonchev–Trinajstić information content (AvgIpc) is 2.47. The summed E-state index contributed by atoms with van der Waals surface area (Å²) in [5, 5.41) is 11.6. The van der Waals surface area contributed by atoms with Crippen LogP contribution in [0.25, 0.3) is 0 Å². The molecule has 108 valence electrons. The molecule has 21 heavy (non-hydrogen) atoms. The van der Waals surface area contributed by atoms with Gasteiger partial charge in [0.2, 0.25) is 0 Å². The zero-order valence-corrected chi connectivity index (χ0v) is 11.9. The van der Waals surface area contributed by atoms with E-state index in [4.69, 9.17) is 16.3 Å². The minimum absolute atomic E-state index is 0.0954. The molecule has 0 N–H and O–H groups in total. The fourth-order valence-electron chi connectivity index (χ4n) is 1.91. The average molecular weight is 306 g/mol. The van der Waals surface area contributed by atoms with Crippen molar-refractivity contribution in [2.45, 2.75) is 13.0 Å². The van der Waals surface area contributed by atoms with Gasteiger partial charge in [0.25, 0.3) is 0 Å². The number of carbonyl (C=O) groups is 1. The molecule has 2 rings (SSSR count).